The summed E-state index contributed by atoms with van der Waals surface area (Å²) in [6, 6.07) is 7.94. The van der Waals surface area contributed by atoms with Crippen LogP contribution in [0.1, 0.15) is 30.1 Å². The zero-order chi connectivity index (χ0) is 11.4. The number of ether oxygens (including phenoxy) is 1. The van der Waals surface area contributed by atoms with E-state index in [1.54, 1.807) is 6.08 Å². The van der Waals surface area contributed by atoms with E-state index in [1.807, 2.05) is 36.4 Å². The van der Waals surface area contributed by atoms with Gasteiger partial charge in [0.2, 0.25) is 0 Å². The SMILES string of the molecule is C=CCCC(=O)OC1C=Cc2ccccc21. The molecule has 0 aromatic heterocycles. The van der Waals surface area contributed by atoms with Gasteiger partial charge in [-0.1, -0.05) is 36.4 Å². The Labute approximate surface area is 95.2 Å². The summed E-state index contributed by atoms with van der Waals surface area (Å²) in [6.45, 7) is 3.58. The summed E-state index contributed by atoms with van der Waals surface area (Å²) in [5.41, 5.74) is 2.19. The molecule has 0 saturated carbocycles. The van der Waals surface area contributed by atoms with E-state index in [1.165, 1.54) is 0 Å². The summed E-state index contributed by atoms with van der Waals surface area (Å²) < 4.78 is 5.37. The van der Waals surface area contributed by atoms with Crippen LogP contribution in [0.15, 0.2) is 43.0 Å². The predicted octanol–water partition coefficient (Wildman–Crippen LogP) is 3.26. The Morgan fingerprint density at radius 3 is 3.06 bits per heavy atom. The predicted molar refractivity (Wildman–Crippen MR) is 63.7 cm³/mol. The lowest BCUT2D eigenvalue weighted by Gasteiger charge is -2.12. The Balaban J connectivity index is 2.01. The number of benzene rings is 1. The normalized spacial score (nSPS) is 16.9. The Hall–Kier alpha value is -1.83. The second kappa shape index (κ2) is 4.79. The Morgan fingerprint density at radius 1 is 1.44 bits per heavy atom. The lowest BCUT2D eigenvalue weighted by Crippen LogP contribution is -2.08. The molecule has 0 aliphatic heterocycles. The van der Waals surface area contributed by atoms with Gasteiger partial charge in [0, 0.05) is 12.0 Å². The van der Waals surface area contributed by atoms with E-state index in [-0.39, 0.29) is 12.1 Å². The van der Waals surface area contributed by atoms with Gasteiger partial charge in [-0.3, -0.25) is 4.79 Å². The number of esters is 1. The summed E-state index contributed by atoms with van der Waals surface area (Å²) in [5, 5.41) is 0. The average molecular weight is 214 g/mol. The number of carbonyl (C=O) groups is 1. The fourth-order valence-electron chi connectivity index (χ4n) is 1.74. The molecule has 0 spiro atoms. The van der Waals surface area contributed by atoms with Crippen LogP contribution in [0.3, 0.4) is 0 Å². The molecule has 0 N–H and O–H groups in total. The third kappa shape index (κ3) is 2.22. The fourth-order valence-corrected chi connectivity index (χ4v) is 1.74. The van der Waals surface area contributed by atoms with E-state index >= 15 is 0 Å². The summed E-state index contributed by atoms with van der Waals surface area (Å²) in [4.78, 5) is 11.5. The van der Waals surface area contributed by atoms with Crippen LogP contribution < -0.4 is 0 Å². The highest BCUT2D eigenvalue weighted by Gasteiger charge is 2.19. The number of allylic oxidation sites excluding steroid dienone is 1. The second-order valence-corrected chi connectivity index (χ2v) is 3.73. The highest BCUT2D eigenvalue weighted by Crippen LogP contribution is 2.30. The molecule has 1 aromatic carbocycles. The van der Waals surface area contributed by atoms with Crippen molar-refractivity contribution in [3.05, 3.63) is 54.1 Å². The van der Waals surface area contributed by atoms with Crippen molar-refractivity contribution in [1.82, 2.24) is 0 Å². The lowest BCUT2D eigenvalue weighted by molar-refractivity contribution is -0.147. The van der Waals surface area contributed by atoms with Crippen molar-refractivity contribution < 1.29 is 9.53 Å². The van der Waals surface area contributed by atoms with Crippen molar-refractivity contribution in [2.75, 3.05) is 0 Å². The van der Waals surface area contributed by atoms with Gasteiger partial charge in [0.15, 0.2) is 0 Å². The van der Waals surface area contributed by atoms with Crippen molar-refractivity contribution in [3.8, 4) is 0 Å². The van der Waals surface area contributed by atoms with Crippen LogP contribution in [-0.4, -0.2) is 5.97 Å². The van der Waals surface area contributed by atoms with Crippen LogP contribution in [0.2, 0.25) is 0 Å². The first-order chi connectivity index (χ1) is 7.81. The molecule has 82 valence electrons. The molecule has 2 nitrogen and oxygen atoms in total. The molecule has 0 radical (unpaired) electrons. The minimum absolute atomic E-state index is 0.175. The van der Waals surface area contributed by atoms with Gasteiger partial charge < -0.3 is 4.74 Å². The van der Waals surface area contributed by atoms with E-state index in [2.05, 4.69) is 6.58 Å². The van der Waals surface area contributed by atoms with Gasteiger partial charge in [-0.2, -0.15) is 0 Å². The molecule has 16 heavy (non-hydrogen) atoms. The van der Waals surface area contributed by atoms with Crippen molar-refractivity contribution in [3.63, 3.8) is 0 Å². The molecular formula is C14H14O2. The molecule has 1 aliphatic carbocycles. The van der Waals surface area contributed by atoms with E-state index in [0.717, 1.165) is 11.1 Å². The Kier molecular flexibility index (Phi) is 3.20. The van der Waals surface area contributed by atoms with Crippen LogP contribution in [0, 0.1) is 0 Å². The molecule has 0 saturated heterocycles. The van der Waals surface area contributed by atoms with Crippen LogP contribution in [-0.2, 0) is 9.53 Å². The molecular weight excluding hydrogens is 200 g/mol. The molecule has 0 bridgehead atoms. The lowest BCUT2D eigenvalue weighted by atomic mass is 10.1. The van der Waals surface area contributed by atoms with Crippen molar-refractivity contribution in [2.45, 2.75) is 18.9 Å². The van der Waals surface area contributed by atoms with Crippen LogP contribution in [0.5, 0.6) is 0 Å². The molecule has 2 rings (SSSR count). The minimum Gasteiger partial charge on any atom is -0.453 e. The Bertz CT molecular complexity index is 432. The summed E-state index contributed by atoms with van der Waals surface area (Å²) in [5.74, 6) is -0.175. The quantitative estimate of drug-likeness (QED) is 0.568. The average Bonchev–Trinajstić information content (AvgIpc) is 2.70. The number of hydrogen-bond acceptors (Lipinski definition) is 2. The van der Waals surface area contributed by atoms with Crippen LogP contribution in [0.4, 0.5) is 0 Å². The molecule has 1 atom stereocenters. The van der Waals surface area contributed by atoms with E-state index in [4.69, 9.17) is 4.74 Å². The highest BCUT2D eigenvalue weighted by molar-refractivity contribution is 5.71. The van der Waals surface area contributed by atoms with Crippen LogP contribution >= 0.6 is 0 Å². The number of fused-ring (bicyclic) bond motifs is 1. The smallest absolute Gasteiger partial charge is 0.307 e. The molecule has 2 heteroatoms. The molecule has 0 fully saturated rings. The molecule has 0 amide bonds. The number of rotatable bonds is 4. The maximum Gasteiger partial charge on any atom is 0.307 e. The van der Waals surface area contributed by atoms with Crippen molar-refractivity contribution in [1.29, 1.82) is 0 Å². The summed E-state index contributed by atoms with van der Waals surface area (Å²) in [7, 11) is 0. The number of carbonyl (C=O) groups excluding carboxylic acids is 1. The maximum atomic E-state index is 11.5. The first-order valence-electron chi connectivity index (χ1n) is 5.39. The fraction of sp³-hybridized carbons (Fsp3) is 0.214. The standard InChI is InChI=1S/C14H14O2/c1-2-3-8-14(15)16-13-10-9-11-6-4-5-7-12(11)13/h2,4-7,9-10,13H,1,3,8H2. The molecule has 1 aromatic rings. The van der Waals surface area contributed by atoms with E-state index in [9.17, 15) is 4.79 Å². The van der Waals surface area contributed by atoms with Gasteiger partial charge in [-0.05, 0) is 18.1 Å². The minimum atomic E-state index is -0.214. The largest absolute Gasteiger partial charge is 0.453 e. The van der Waals surface area contributed by atoms with Gasteiger partial charge >= 0.3 is 5.97 Å². The molecule has 1 aliphatic rings. The van der Waals surface area contributed by atoms with Crippen molar-refractivity contribution in [2.24, 2.45) is 0 Å². The van der Waals surface area contributed by atoms with Gasteiger partial charge in [-0.15, -0.1) is 6.58 Å². The van der Waals surface area contributed by atoms with Gasteiger partial charge in [0.1, 0.15) is 6.10 Å². The first-order valence-corrected chi connectivity index (χ1v) is 5.39. The zero-order valence-corrected chi connectivity index (χ0v) is 9.06. The first kappa shape index (κ1) is 10.7. The monoisotopic (exact) mass is 214 g/mol. The number of hydrogen-bond donors (Lipinski definition) is 0. The molecule has 0 heterocycles. The highest BCUT2D eigenvalue weighted by atomic mass is 16.5. The summed E-state index contributed by atoms with van der Waals surface area (Å²) in [6.07, 6.45) is 6.47. The van der Waals surface area contributed by atoms with E-state index < -0.39 is 0 Å². The van der Waals surface area contributed by atoms with Gasteiger partial charge in [0.05, 0.1) is 0 Å². The third-order valence-corrected chi connectivity index (χ3v) is 2.56. The van der Waals surface area contributed by atoms with E-state index in [0.29, 0.717) is 12.8 Å². The zero-order valence-electron chi connectivity index (χ0n) is 9.06. The summed E-state index contributed by atoms with van der Waals surface area (Å²) >= 11 is 0. The van der Waals surface area contributed by atoms with Crippen LogP contribution in [0.25, 0.3) is 6.08 Å². The molecule has 1 unspecified atom stereocenters. The third-order valence-electron chi connectivity index (χ3n) is 2.56. The van der Waals surface area contributed by atoms with Crippen molar-refractivity contribution >= 4 is 12.0 Å². The van der Waals surface area contributed by atoms with Gasteiger partial charge in [0.25, 0.3) is 0 Å². The van der Waals surface area contributed by atoms with Gasteiger partial charge in [-0.25, -0.2) is 0 Å². The maximum absolute atomic E-state index is 11.5. The second-order valence-electron chi connectivity index (χ2n) is 3.73. The Morgan fingerprint density at radius 2 is 2.25 bits per heavy atom. The topological polar surface area (TPSA) is 26.3 Å².